The van der Waals surface area contributed by atoms with Gasteiger partial charge < -0.3 is 5.32 Å². The number of nitrogens with one attached hydrogen (secondary N) is 1. The molecule has 1 N–H and O–H groups in total. The molecule has 2 aromatic rings. The van der Waals surface area contributed by atoms with Crippen molar-refractivity contribution in [1.82, 2.24) is 10.3 Å². The molecule has 0 saturated heterocycles. The molecule has 0 amide bonds. The first-order chi connectivity index (χ1) is 8.69. The van der Waals surface area contributed by atoms with Crippen LogP contribution in [0.1, 0.15) is 5.56 Å². The van der Waals surface area contributed by atoms with Gasteiger partial charge in [-0.2, -0.15) is 0 Å². The summed E-state index contributed by atoms with van der Waals surface area (Å²) in [7, 11) is 1.94. The van der Waals surface area contributed by atoms with E-state index in [9.17, 15) is 0 Å². The summed E-state index contributed by atoms with van der Waals surface area (Å²) < 4.78 is 1.07. The van der Waals surface area contributed by atoms with Gasteiger partial charge in [-0.15, -0.1) is 0 Å². The molecule has 2 rings (SSSR count). The fourth-order valence-corrected chi connectivity index (χ4v) is 3.04. The minimum atomic E-state index is 0.657. The number of rotatable bonds is 4. The SMILES string of the molecule is CNCc1ccc(Br)cc1Sc1ccc(Cl)cn1. The normalized spacial score (nSPS) is 10.6. The summed E-state index contributed by atoms with van der Waals surface area (Å²) in [6.45, 7) is 0.837. The lowest BCUT2D eigenvalue weighted by Gasteiger charge is -2.09. The van der Waals surface area contributed by atoms with Gasteiger partial charge in [-0.25, -0.2) is 4.98 Å². The molecule has 2 nitrogen and oxygen atoms in total. The third-order valence-electron chi connectivity index (χ3n) is 2.31. The molecule has 0 radical (unpaired) electrons. The maximum Gasteiger partial charge on any atom is 0.101 e. The van der Waals surface area contributed by atoms with E-state index in [1.54, 1.807) is 18.0 Å². The van der Waals surface area contributed by atoms with Crippen LogP contribution in [-0.4, -0.2) is 12.0 Å². The molecular weight excluding hydrogens is 332 g/mol. The predicted molar refractivity (Wildman–Crippen MR) is 80.3 cm³/mol. The van der Waals surface area contributed by atoms with Gasteiger partial charge in [0.2, 0.25) is 0 Å². The largest absolute Gasteiger partial charge is 0.316 e. The van der Waals surface area contributed by atoms with Crippen LogP contribution >= 0.6 is 39.3 Å². The van der Waals surface area contributed by atoms with E-state index in [1.807, 2.05) is 25.2 Å². The van der Waals surface area contributed by atoms with E-state index in [4.69, 9.17) is 11.6 Å². The standard InChI is InChI=1S/C13H12BrClN2S/c1-16-7-9-2-3-10(14)6-12(9)18-13-5-4-11(15)8-17-13/h2-6,8,16H,7H2,1H3. The van der Waals surface area contributed by atoms with E-state index >= 15 is 0 Å². The molecule has 0 saturated carbocycles. The maximum atomic E-state index is 5.83. The minimum Gasteiger partial charge on any atom is -0.316 e. The van der Waals surface area contributed by atoms with Gasteiger partial charge in [0.25, 0.3) is 0 Å². The van der Waals surface area contributed by atoms with E-state index in [2.05, 4.69) is 38.4 Å². The summed E-state index contributed by atoms with van der Waals surface area (Å²) in [4.78, 5) is 5.49. The zero-order valence-corrected chi connectivity index (χ0v) is 12.9. The smallest absolute Gasteiger partial charge is 0.101 e. The fraction of sp³-hybridized carbons (Fsp3) is 0.154. The Morgan fingerprint density at radius 2 is 2.17 bits per heavy atom. The first-order valence-electron chi connectivity index (χ1n) is 5.41. The lowest BCUT2D eigenvalue weighted by molar-refractivity contribution is 0.802. The van der Waals surface area contributed by atoms with Crippen LogP contribution in [0.15, 0.2) is 50.9 Å². The zero-order valence-electron chi connectivity index (χ0n) is 9.78. The van der Waals surface area contributed by atoms with Crippen LogP contribution in [0.25, 0.3) is 0 Å². The number of hydrogen-bond acceptors (Lipinski definition) is 3. The third-order valence-corrected chi connectivity index (χ3v) is 4.08. The summed E-state index contributed by atoms with van der Waals surface area (Å²) in [5, 5.41) is 4.76. The molecule has 0 aliphatic carbocycles. The van der Waals surface area contributed by atoms with Crippen LogP contribution in [0.4, 0.5) is 0 Å². The summed E-state index contributed by atoms with van der Waals surface area (Å²) in [6.07, 6.45) is 1.67. The molecule has 0 spiro atoms. The number of pyridine rings is 1. The van der Waals surface area contributed by atoms with Gasteiger partial charge in [-0.05, 0) is 36.9 Å². The second kappa shape index (κ2) is 6.57. The molecule has 1 aromatic heterocycles. The molecule has 5 heteroatoms. The van der Waals surface area contributed by atoms with Crippen LogP contribution in [0, 0.1) is 0 Å². The van der Waals surface area contributed by atoms with Crippen LogP contribution in [0.2, 0.25) is 5.02 Å². The van der Waals surface area contributed by atoms with Crippen molar-refractivity contribution in [2.24, 2.45) is 0 Å². The van der Waals surface area contributed by atoms with Gasteiger partial charge in [0, 0.05) is 22.1 Å². The summed E-state index contributed by atoms with van der Waals surface area (Å²) in [5.41, 5.74) is 1.25. The number of hydrogen-bond donors (Lipinski definition) is 1. The van der Waals surface area contributed by atoms with Crippen molar-refractivity contribution in [2.75, 3.05) is 7.05 Å². The second-order valence-corrected chi connectivity index (χ2v) is 6.11. The van der Waals surface area contributed by atoms with Gasteiger partial charge in [0.05, 0.1) is 5.02 Å². The van der Waals surface area contributed by atoms with E-state index in [0.717, 1.165) is 16.0 Å². The van der Waals surface area contributed by atoms with Crippen molar-refractivity contribution < 1.29 is 0 Å². The van der Waals surface area contributed by atoms with Crippen molar-refractivity contribution in [1.29, 1.82) is 0 Å². The Bertz CT molecular complexity index is 531. The van der Waals surface area contributed by atoms with Crippen molar-refractivity contribution in [3.8, 4) is 0 Å². The highest BCUT2D eigenvalue weighted by Gasteiger charge is 2.06. The van der Waals surface area contributed by atoms with Gasteiger partial charge >= 0.3 is 0 Å². The van der Waals surface area contributed by atoms with Crippen molar-refractivity contribution >= 4 is 39.3 Å². The Morgan fingerprint density at radius 3 is 2.83 bits per heavy atom. The molecule has 0 aliphatic rings. The molecule has 0 atom stereocenters. The molecule has 18 heavy (non-hydrogen) atoms. The summed E-state index contributed by atoms with van der Waals surface area (Å²) >= 11 is 11.0. The van der Waals surface area contributed by atoms with Gasteiger partial charge in [-0.3, -0.25) is 0 Å². The van der Waals surface area contributed by atoms with E-state index in [0.29, 0.717) is 5.02 Å². The van der Waals surface area contributed by atoms with Crippen LogP contribution < -0.4 is 5.32 Å². The number of benzene rings is 1. The van der Waals surface area contributed by atoms with E-state index < -0.39 is 0 Å². The topological polar surface area (TPSA) is 24.9 Å². The quantitative estimate of drug-likeness (QED) is 0.892. The molecular formula is C13H12BrClN2S. The summed E-state index contributed by atoms with van der Waals surface area (Å²) in [5.74, 6) is 0. The Hall–Kier alpha value is -0.550. The fourth-order valence-electron chi connectivity index (χ4n) is 1.50. The van der Waals surface area contributed by atoms with Crippen molar-refractivity contribution in [3.63, 3.8) is 0 Å². The Kier molecular flexibility index (Phi) is 5.06. The average molecular weight is 344 g/mol. The molecule has 1 aromatic carbocycles. The average Bonchev–Trinajstić information content (AvgIpc) is 2.36. The summed E-state index contributed by atoms with van der Waals surface area (Å²) in [6, 6.07) is 10.0. The molecule has 94 valence electrons. The van der Waals surface area contributed by atoms with E-state index in [1.165, 1.54) is 10.5 Å². The monoisotopic (exact) mass is 342 g/mol. The Labute approximate surface area is 124 Å². The molecule has 0 fully saturated rings. The molecule has 0 aliphatic heterocycles. The Morgan fingerprint density at radius 1 is 1.33 bits per heavy atom. The van der Waals surface area contributed by atoms with Crippen LogP contribution in [0.3, 0.4) is 0 Å². The third kappa shape index (κ3) is 3.72. The number of halogens is 2. The first-order valence-corrected chi connectivity index (χ1v) is 7.40. The maximum absolute atomic E-state index is 5.83. The van der Waals surface area contributed by atoms with Crippen molar-refractivity contribution in [2.45, 2.75) is 16.5 Å². The lowest BCUT2D eigenvalue weighted by atomic mass is 10.2. The second-order valence-electron chi connectivity index (χ2n) is 3.70. The highest BCUT2D eigenvalue weighted by atomic mass is 79.9. The Balaban J connectivity index is 2.26. The molecule has 1 heterocycles. The van der Waals surface area contributed by atoms with Gasteiger partial charge in [0.15, 0.2) is 0 Å². The number of nitrogens with zero attached hydrogens (tertiary/aromatic N) is 1. The van der Waals surface area contributed by atoms with Crippen LogP contribution in [0.5, 0.6) is 0 Å². The van der Waals surface area contributed by atoms with Gasteiger partial charge in [0.1, 0.15) is 5.03 Å². The van der Waals surface area contributed by atoms with E-state index in [-0.39, 0.29) is 0 Å². The van der Waals surface area contributed by atoms with Crippen molar-refractivity contribution in [3.05, 3.63) is 51.6 Å². The first kappa shape index (κ1) is 13.9. The molecule has 0 bridgehead atoms. The number of aromatic nitrogens is 1. The highest BCUT2D eigenvalue weighted by molar-refractivity contribution is 9.10. The predicted octanol–water partition coefficient (Wildman–Crippen LogP) is 4.37. The van der Waals surface area contributed by atoms with Gasteiger partial charge in [-0.1, -0.05) is 45.4 Å². The van der Waals surface area contributed by atoms with Crippen LogP contribution in [-0.2, 0) is 6.54 Å². The minimum absolute atomic E-state index is 0.657. The lowest BCUT2D eigenvalue weighted by Crippen LogP contribution is -2.06. The highest BCUT2D eigenvalue weighted by Crippen LogP contribution is 2.31. The zero-order chi connectivity index (χ0) is 13.0. The molecule has 0 unspecified atom stereocenters.